The van der Waals surface area contributed by atoms with Crippen LogP contribution in [0.3, 0.4) is 0 Å². The Labute approximate surface area is 233 Å². The highest BCUT2D eigenvalue weighted by molar-refractivity contribution is 6.24. The Bertz CT molecular complexity index is 1360. The van der Waals surface area contributed by atoms with E-state index in [-0.39, 0.29) is 29.7 Å². The molecule has 4 aliphatic carbocycles. The van der Waals surface area contributed by atoms with Gasteiger partial charge in [-0.25, -0.2) is 0 Å². The van der Waals surface area contributed by atoms with Crippen molar-refractivity contribution in [1.82, 2.24) is 4.90 Å². The molecule has 1 aromatic carbocycles. The Balaban J connectivity index is 1.67. The van der Waals surface area contributed by atoms with Gasteiger partial charge < -0.3 is 31.1 Å². The molecule has 40 heavy (non-hydrogen) atoms. The van der Waals surface area contributed by atoms with Gasteiger partial charge in [0.05, 0.1) is 11.6 Å². The number of carbonyl (C=O) groups is 3. The largest absolute Gasteiger partial charge is 0.508 e. The van der Waals surface area contributed by atoms with Gasteiger partial charge in [-0.05, 0) is 68.8 Å². The number of Topliss-reactive ketones (excluding diaryl/α,β-unsaturated/α-hetero) is 2. The minimum Gasteiger partial charge on any atom is -0.508 e. The number of ketones is 2. The molecule has 1 amide bonds. The molecule has 1 aromatic rings. The van der Waals surface area contributed by atoms with Crippen molar-refractivity contribution in [2.75, 3.05) is 33.1 Å². The molecular weight excluding hydrogens is 514 g/mol. The summed E-state index contributed by atoms with van der Waals surface area (Å²) in [6, 6.07) is 0.847. The van der Waals surface area contributed by atoms with Crippen molar-refractivity contribution in [3.8, 4) is 5.75 Å². The Morgan fingerprint density at radius 2 is 1.75 bits per heavy atom. The lowest BCUT2D eigenvalue weighted by molar-refractivity contribution is -0.153. The fourth-order valence-electron chi connectivity index (χ4n) is 7.59. The minimum absolute atomic E-state index is 0.0722. The molecule has 10 heteroatoms. The van der Waals surface area contributed by atoms with E-state index >= 15 is 0 Å². The van der Waals surface area contributed by atoms with Gasteiger partial charge in [0.15, 0.2) is 11.4 Å². The van der Waals surface area contributed by atoms with Crippen molar-refractivity contribution in [2.45, 2.75) is 63.0 Å². The van der Waals surface area contributed by atoms with Crippen molar-refractivity contribution >= 4 is 28.9 Å². The molecule has 0 heterocycles. The first-order valence-electron chi connectivity index (χ1n) is 14.0. The molecular formula is C30H39N3O7. The van der Waals surface area contributed by atoms with E-state index in [1.807, 2.05) is 25.1 Å². The Morgan fingerprint density at radius 1 is 1.10 bits per heavy atom. The van der Waals surface area contributed by atoms with Gasteiger partial charge in [0.25, 0.3) is 5.91 Å². The number of rotatable bonds is 6. The zero-order chi connectivity index (χ0) is 29.3. The molecule has 10 nitrogen and oxygen atoms in total. The average Bonchev–Trinajstić information content (AvgIpc) is 3.39. The second-order valence-electron chi connectivity index (χ2n) is 12.3. The number of aromatic hydroxyl groups is 1. The van der Waals surface area contributed by atoms with Crippen LogP contribution >= 0.6 is 0 Å². The topological polar surface area (TPSA) is 165 Å². The zero-order valence-corrected chi connectivity index (χ0v) is 23.5. The summed E-state index contributed by atoms with van der Waals surface area (Å²) < 4.78 is 0. The number of likely N-dealkylation sites (N-methyl/N-ethyl adjacent to an activating group) is 1. The quantitative estimate of drug-likeness (QED) is 0.332. The van der Waals surface area contributed by atoms with Gasteiger partial charge in [0.1, 0.15) is 22.8 Å². The lowest BCUT2D eigenvalue weighted by Gasteiger charge is -2.50. The van der Waals surface area contributed by atoms with Crippen LogP contribution in [0, 0.1) is 17.8 Å². The summed E-state index contributed by atoms with van der Waals surface area (Å²) >= 11 is 0. The van der Waals surface area contributed by atoms with Crippen LogP contribution in [0.15, 0.2) is 23.0 Å². The number of anilines is 1. The van der Waals surface area contributed by atoms with E-state index in [9.17, 15) is 34.8 Å². The smallest absolute Gasteiger partial charge is 0.255 e. The summed E-state index contributed by atoms with van der Waals surface area (Å²) in [6.07, 6.45) is 6.63. The fraction of sp³-hybridized carbons (Fsp3) is 0.567. The van der Waals surface area contributed by atoms with E-state index in [0.717, 1.165) is 24.9 Å². The molecule has 0 unspecified atom stereocenters. The van der Waals surface area contributed by atoms with E-state index in [1.54, 1.807) is 14.1 Å². The first-order valence-corrected chi connectivity index (χ1v) is 14.0. The number of hydrogen-bond acceptors (Lipinski definition) is 9. The van der Waals surface area contributed by atoms with Crippen molar-refractivity contribution in [3.05, 3.63) is 39.7 Å². The van der Waals surface area contributed by atoms with Crippen molar-refractivity contribution in [2.24, 2.45) is 23.5 Å². The number of nitrogens with zero attached hydrogens (tertiary/aromatic N) is 2. The number of primary amides is 1. The summed E-state index contributed by atoms with van der Waals surface area (Å²) in [4.78, 5) is 42.9. The first kappa shape index (κ1) is 28.2. The SMILES string of the molecule is CN(C)c1cc(CCC2CCCC2)c(O)c2c1C[C@H]1C[C@@H]3[C@H](N(C)C)C(=O)C(C(N)=O)=C(O)[C@]3(O)C(=O)C1=C2O. The number of aliphatic hydroxyl groups is 3. The van der Waals surface area contributed by atoms with E-state index in [0.29, 0.717) is 23.5 Å². The molecule has 2 saturated carbocycles. The van der Waals surface area contributed by atoms with Crippen molar-refractivity contribution in [3.63, 3.8) is 0 Å². The molecule has 6 N–H and O–H groups in total. The number of aryl methyl sites for hydroxylation is 1. The van der Waals surface area contributed by atoms with E-state index in [4.69, 9.17) is 5.73 Å². The number of phenols is 1. The van der Waals surface area contributed by atoms with Gasteiger partial charge in [0.2, 0.25) is 5.78 Å². The predicted octanol–water partition coefficient (Wildman–Crippen LogP) is 2.15. The number of amides is 1. The number of carbonyl (C=O) groups excluding carboxylic acids is 3. The molecule has 0 bridgehead atoms. The summed E-state index contributed by atoms with van der Waals surface area (Å²) in [5, 5.41) is 45.8. The second kappa shape index (κ2) is 9.92. The van der Waals surface area contributed by atoms with Crippen molar-refractivity contribution < 1.29 is 34.8 Å². The van der Waals surface area contributed by atoms with Crippen LogP contribution in [0.2, 0.25) is 0 Å². The standard InChI is InChI=1S/C30H39N3O7/c1-32(2)19-13-15(10-9-14-7-5-6-8-14)24(34)21-17(19)11-16-12-18-23(33(3)4)26(36)22(29(31)39)28(38)30(18,40)27(37)20(16)25(21)35/h13-14,16,18,23,34-35,38,40H,5-12H2,1-4H3,(H2,31,39)/t16-,18+,23-,30+/m0/s1. The van der Waals surface area contributed by atoms with Gasteiger partial charge in [-0.3, -0.25) is 19.3 Å². The normalized spacial score (nSPS) is 28.6. The molecule has 0 spiro atoms. The number of fused-ring (bicyclic) bond motifs is 3. The highest BCUT2D eigenvalue weighted by atomic mass is 16.3. The number of nitrogens with two attached hydrogens (primary N) is 1. The van der Waals surface area contributed by atoms with Gasteiger partial charge >= 0.3 is 0 Å². The lowest BCUT2D eigenvalue weighted by atomic mass is 9.57. The maximum atomic E-state index is 14.1. The van der Waals surface area contributed by atoms with Crippen LogP contribution in [-0.2, 0) is 27.2 Å². The van der Waals surface area contributed by atoms with Crippen LogP contribution in [0.5, 0.6) is 5.75 Å². The van der Waals surface area contributed by atoms with E-state index in [1.165, 1.54) is 17.7 Å². The number of phenolic OH excluding ortho intramolecular Hbond substituents is 1. The molecule has 2 fully saturated rings. The highest BCUT2D eigenvalue weighted by Gasteiger charge is 2.64. The molecule has 216 valence electrons. The number of hydrogen-bond donors (Lipinski definition) is 5. The molecule has 4 atom stereocenters. The second-order valence-corrected chi connectivity index (χ2v) is 12.3. The maximum Gasteiger partial charge on any atom is 0.255 e. The van der Waals surface area contributed by atoms with Crippen LogP contribution in [0.25, 0.3) is 5.76 Å². The Hall–Kier alpha value is -3.37. The molecule has 5 rings (SSSR count). The Kier molecular flexibility index (Phi) is 6.99. The van der Waals surface area contributed by atoms with E-state index < -0.39 is 58.0 Å². The van der Waals surface area contributed by atoms with Crippen LogP contribution in [0.1, 0.15) is 55.2 Å². The van der Waals surface area contributed by atoms with E-state index in [2.05, 4.69) is 0 Å². The van der Waals surface area contributed by atoms with Gasteiger partial charge in [-0.2, -0.15) is 0 Å². The maximum absolute atomic E-state index is 14.1. The highest BCUT2D eigenvalue weighted by Crippen LogP contribution is 2.54. The van der Waals surface area contributed by atoms with Gasteiger partial charge in [-0.1, -0.05) is 25.7 Å². The van der Waals surface area contributed by atoms with Crippen molar-refractivity contribution in [1.29, 1.82) is 0 Å². The molecule has 0 radical (unpaired) electrons. The molecule has 0 aliphatic heterocycles. The summed E-state index contributed by atoms with van der Waals surface area (Å²) in [6.45, 7) is 0. The summed E-state index contributed by atoms with van der Waals surface area (Å²) in [5.74, 6) is -5.70. The number of aliphatic hydroxyl groups excluding tert-OH is 2. The fourth-order valence-corrected chi connectivity index (χ4v) is 7.59. The third-order valence-corrected chi connectivity index (χ3v) is 9.55. The minimum atomic E-state index is -2.63. The number of benzene rings is 1. The molecule has 4 aliphatic rings. The third kappa shape index (κ3) is 4.03. The molecule has 0 saturated heterocycles. The third-order valence-electron chi connectivity index (χ3n) is 9.55. The molecule has 0 aromatic heterocycles. The lowest BCUT2D eigenvalue weighted by Crippen LogP contribution is -2.65. The van der Waals surface area contributed by atoms with Crippen LogP contribution in [0.4, 0.5) is 5.69 Å². The Morgan fingerprint density at radius 3 is 2.33 bits per heavy atom. The van der Waals surface area contributed by atoms with Crippen LogP contribution < -0.4 is 10.6 Å². The van der Waals surface area contributed by atoms with Gasteiger partial charge in [0, 0.05) is 31.3 Å². The summed E-state index contributed by atoms with van der Waals surface area (Å²) in [5.41, 5.74) is 4.15. The monoisotopic (exact) mass is 553 g/mol. The zero-order valence-electron chi connectivity index (χ0n) is 23.5. The average molecular weight is 554 g/mol. The van der Waals surface area contributed by atoms with Crippen LogP contribution in [-0.4, -0.2) is 82.6 Å². The predicted molar refractivity (Wildman–Crippen MR) is 149 cm³/mol. The first-order chi connectivity index (χ1) is 18.8. The van der Waals surface area contributed by atoms with Gasteiger partial charge in [-0.15, -0.1) is 0 Å². The summed E-state index contributed by atoms with van der Waals surface area (Å²) in [7, 11) is 6.93.